The maximum atomic E-state index is 13.8. The summed E-state index contributed by atoms with van der Waals surface area (Å²) in [5, 5.41) is 10.6. The van der Waals surface area contributed by atoms with E-state index in [9.17, 15) is 14.5 Å². The number of nitrogens with zero attached hydrogens (tertiary/aromatic N) is 2. The molecule has 85 valence electrons. The molecule has 0 atom stereocenters. The minimum atomic E-state index is -0.883. The van der Waals surface area contributed by atoms with Crippen LogP contribution in [0.25, 0.3) is 11.3 Å². The predicted molar refractivity (Wildman–Crippen MR) is 59.9 cm³/mol. The Morgan fingerprint density at radius 2 is 2.18 bits per heavy atom. The van der Waals surface area contributed by atoms with Crippen molar-refractivity contribution in [3.63, 3.8) is 0 Å². The fraction of sp³-hybridized carbons (Fsp3) is 0.0833. The number of benzene rings is 1. The van der Waals surface area contributed by atoms with E-state index < -0.39 is 16.4 Å². The standard InChI is InChI=1S/C12H8FN2O2/c1-8-4-2-6-10(14-8)9-5-3-7-11(12(9)13)15(16)17/h2-5,7H,1H3. The number of aryl methyl sites for hydroxylation is 1. The summed E-state index contributed by atoms with van der Waals surface area (Å²) in [5.41, 5.74) is 0.498. The summed E-state index contributed by atoms with van der Waals surface area (Å²) in [7, 11) is 0. The van der Waals surface area contributed by atoms with Gasteiger partial charge in [-0.25, -0.2) is 0 Å². The molecule has 0 amide bonds. The van der Waals surface area contributed by atoms with E-state index in [1.807, 2.05) is 0 Å². The molecule has 0 aliphatic carbocycles. The second kappa shape index (κ2) is 4.29. The first-order valence-corrected chi connectivity index (χ1v) is 4.88. The number of pyridine rings is 1. The van der Waals surface area contributed by atoms with Crippen LogP contribution in [0.1, 0.15) is 5.69 Å². The first-order valence-electron chi connectivity index (χ1n) is 4.88. The summed E-state index contributed by atoms with van der Waals surface area (Å²) in [4.78, 5) is 13.9. The van der Waals surface area contributed by atoms with E-state index in [1.165, 1.54) is 12.1 Å². The SMILES string of the molecule is Cc1cc[c]c(-c2cccc([N+](=O)[O-])c2F)n1. The van der Waals surface area contributed by atoms with Crippen molar-refractivity contribution in [2.45, 2.75) is 6.92 Å². The first kappa shape index (κ1) is 11.2. The third-order valence-electron chi connectivity index (χ3n) is 2.26. The molecule has 1 aromatic carbocycles. The van der Waals surface area contributed by atoms with E-state index in [-0.39, 0.29) is 11.3 Å². The number of aromatic nitrogens is 1. The second-order valence-corrected chi connectivity index (χ2v) is 3.48. The van der Waals surface area contributed by atoms with Crippen LogP contribution >= 0.6 is 0 Å². The lowest BCUT2D eigenvalue weighted by molar-refractivity contribution is -0.387. The first-order chi connectivity index (χ1) is 8.09. The van der Waals surface area contributed by atoms with Gasteiger partial charge in [0, 0.05) is 23.4 Å². The Morgan fingerprint density at radius 3 is 2.82 bits per heavy atom. The summed E-state index contributed by atoms with van der Waals surface area (Å²) in [6.07, 6.45) is 0. The highest BCUT2D eigenvalue weighted by molar-refractivity contribution is 5.63. The molecule has 2 rings (SSSR count). The molecule has 0 aliphatic heterocycles. The fourth-order valence-corrected chi connectivity index (χ4v) is 1.47. The van der Waals surface area contributed by atoms with Crippen molar-refractivity contribution in [3.05, 3.63) is 58.0 Å². The zero-order valence-electron chi connectivity index (χ0n) is 8.98. The Kier molecular flexibility index (Phi) is 2.82. The average molecular weight is 231 g/mol. The quantitative estimate of drug-likeness (QED) is 0.589. The largest absolute Gasteiger partial charge is 0.305 e. The van der Waals surface area contributed by atoms with Crippen molar-refractivity contribution >= 4 is 5.69 Å². The van der Waals surface area contributed by atoms with Crippen LogP contribution in [0.15, 0.2) is 30.3 Å². The van der Waals surface area contributed by atoms with Gasteiger partial charge in [0.05, 0.1) is 10.6 Å². The molecule has 1 radical (unpaired) electrons. The third-order valence-corrected chi connectivity index (χ3v) is 2.26. The molecule has 0 aliphatic rings. The molecule has 0 saturated heterocycles. The Balaban J connectivity index is 2.60. The van der Waals surface area contributed by atoms with Gasteiger partial charge in [-0.15, -0.1) is 0 Å². The zero-order valence-corrected chi connectivity index (χ0v) is 8.98. The van der Waals surface area contributed by atoms with E-state index >= 15 is 0 Å². The van der Waals surface area contributed by atoms with E-state index in [1.54, 1.807) is 19.1 Å². The van der Waals surface area contributed by atoms with Crippen LogP contribution in [-0.2, 0) is 0 Å². The summed E-state index contributed by atoms with van der Waals surface area (Å²) in [6.45, 7) is 1.76. The van der Waals surface area contributed by atoms with E-state index in [0.29, 0.717) is 5.69 Å². The van der Waals surface area contributed by atoms with Crippen molar-refractivity contribution in [1.82, 2.24) is 4.98 Å². The zero-order chi connectivity index (χ0) is 12.4. The molecule has 1 heterocycles. The highest BCUT2D eigenvalue weighted by Gasteiger charge is 2.18. The van der Waals surface area contributed by atoms with Crippen LogP contribution in [0.5, 0.6) is 0 Å². The number of hydrogen-bond donors (Lipinski definition) is 0. The van der Waals surface area contributed by atoms with Gasteiger partial charge in [0.25, 0.3) is 0 Å². The van der Waals surface area contributed by atoms with Crippen molar-refractivity contribution in [3.8, 4) is 11.3 Å². The molecule has 0 bridgehead atoms. The number of hydrogen-bond acceptors (Lipinski definition) is 3. The molecule has 0 saturated carbocycles. The van der Waals surface area contributed by atoms with Gasteiger partial charge in [0.15, 0.2) is 0 Å². The van der Waals surface area contributed by atoms with Crippen LogP contribution in [-0.4, -0.2) is 9.91 Å². The van der Waals surface area contributed by atoms with Crippen molar-refractivity contribution < 1.29 is 9.31 Å². The normalized spacial score (nSPS) is 10.2. The second-order valence-electron chi connectivity index (χ2n) is 3.48. The monoisotopic (exact) mass is 231 g/mol. The third kappa shape index (κ3) is 2.13. The fourth-order valence-electron chi connectivity index (χ4n) is 1.47. The van der Waals surface area contributed by atoms with Gasteiger partial charge in [-0.1, -0.05) is 12.1 Å². The molecular formula is C12H8FN2O2. The smallest absolute Gasteiger partial charge is 0.258 e. The van der Waals surface area contributed by atoms with Crippen LogP contribution in [0.4, 0.5) is 10.1 Å². The molecular weight excluding hydrogens is 223 g/mol. The number of halogens is 1. The van der Waals surface area contributed by atoms with Crippen molar-refractivity contribution in [2.75, 3.05) is 0 Å². The Bertz CT molecular complexity index is 584. The van der Waals surface area contributed by atoms with Gasteiger partial charge in [0.2, 0.25) is 5.82 Å². The molecule has 1 aromatic heterocycles. The Hall–Kier alpha value is -2.30. The molecule has 17 heavy (non-hydrogen) atoms. The molecule has 5 heteroatoms. The van der Waals surface area contributed by atoms with Crippen molar-refractivity contribution in [1.29, 1.82) is 0 Å². The minimum Gasteiger partial charge on any atom is -0.258 e. The summed E-state index contributed by atoms with van der Waals surface area (Å²) in [5.74, 6) is -0.883. The minimum absolute atomic E-state index is 0.0860. The lowest BCUT2D eigenvalue weighted by Crippen LogP contribution is -1.96. The summed E-state index contributed by atoms with van der Waals surface area (Å²) < 4.78 is 13.8. The Labute approximate surface area is 96.9 Å². The van der Waals surface area contributed by atoms with Crippen LogP contribution in [0.3, 0.4) is 0 Å². The molecule has 2 aromatic rings. The van der Waals surface area contributed by atoms with Gasteiger partial charge in [0.1, 0.15) is 0 Å². The summed E-state index contributed by atoms with van der Waals surface area (Å²) in [6, 6.07) is 10.1. The van der Waals surface area contributed by atoms with Crippen LogP contribution in [0.2, 0.25) is 0 Å². The molecule has 0 unspecified atom stereocenters. The predicted octanol–water partition coefficient (Wildman–Crippen LogP) is 2.90. The Morgan fingerprint density at radius 1 is 1.41 bits per heavy atom. The molecule has 0 spiro atoms. The van der Waals surface area contributed by atoms with E-state index in [4.69, 9.17) is 0 Å². The number of nitro benzene ring substituents is 1. The van der Waals surface area contributed by atoms with Crippen LogP contribution < -0.4 is 0 Å². The lowest BCUT2D eigenvalue weighted by atomic mass is 10.1. The highest BCUT2D eigenvalue weighted by atomic mass is 19.1. The number of nitro groups is 1. The highest BCUT2D eigenvalue weighted by Crippen LogP contribution is 2.27. The topological polar surface area (TPSA) is 56.0 Å². The van der Waals surface area contributed by atoms with Crippen LogP contribution in [0, 0.1) is 28.9 Å². The van der Waals surface area contributed by atoms with Gasteiger partial charge >= 0.3 is 5.69 Å². The lowest BCUT2D eigenvalue weighted by Gasteiger charge is -2.03. The average Bonchev–Trinajstić information content (AvgIpc) is 2.29. The summed E-state index contributed by atoms with van der Waals surface area (Å²) >= 11 is 0. The van der Waals surface area contributed by atoms with E-state index in [2.05, 4.69) is 11.1 Å². The maximum absolute atomic E-state index is 13.8. The van der Waals surface area contributed by atoms with Crippen molar-refractivity contribution in [2.24, 2.45) is 0 Å². The van der Waals surface area contributed by atoms with Gasteiger partial charge < -0.3 is 0 Å². The van der Waals surface area contributed by atoms with E-state index in [0.717, 1.165) is 6.07 Å². The maximum Gasteiger partial charge on any atom is 0.305 e. The van der Waals surface area contributed by atoms with Gasteiger partial charge in [-0.3, -0.25) is 15.1 Å². The molecule has 0 N–H and O–H groups in total. The molecule has 4 nitrogen and oxygen atoms in total. The number of rotatable bonds is 2. The van der Waals surface area contributed by atoms with Gasteiger partial charge in [-0.05, 0) is 19.1 Å². The molecule has 0 fully saturated rings. The van der Waals surface area contributed by atoms with Gasteiger partial charge in [-0.2, -0.15) is 4.39 Å².